The monoisotopic (exact) mass is 825 g/mol. The van der Waals surface area contributed by atoms with E-state index >= 15 is 0 Å². The third kappa shape index (κ3) is 7.27. The topological polar surface area (TPSA) is 38.7 Å². The van der Waals surface area contributed by atoms with Crippen molar-refractivity contribution in [2.24, 2.45) is 0 Å². The van der Waals surface area contributed by atoms with E-state index in [0.29, 0.717) is 0 Å². The molecule has 292 valence electrons. The molecule has 8 heteroatoms. The van der Waals surface area contributed by atoms with Crippen LogP contribution < -0.4 is 0 Å². The maximum atomic E-state index is 5.32. The largest absolute Gasteiger partial charge is 0.252 e. The highest BCUT2D eigenvalue weighted by molar-refractivity contribution is 7.24. The summed E-state index contributed by atoms with van der Waals surface area (Å²) in [7, 11) is 0. The predicted octanol–water partition coefficient (Wildman–Crippen LogP) is 17.1. The van der Waals surface area contributed by atoms with Crippen LogP contribution >= 0.6 is 57.1 Å². The van der Waals surface area contributed by atoms with Crippen molar-refractivity contribution in [2.45, 2.75) is 167 Å². The molecule has 3 nitrogen and oxygen atoms in total. The molecule has 0 amide bonds. The average molecular weight is 826 g/mol. The molecule has 6 heterocycles. The fourth-order valence-corrected chi connectivity index (χ4v) is 15.4. The van der Waals surface area contributed by atoms with Gasteiger partial charge in [0.05, 0.1) is 16.6 Å². The molecule has 0 bridgehead atoms. The summed E-state index contributed by atoms with van der Waals surface area (Å²) in [6.45, 7) is 9.30. The summed E-state index contributed by atoms with van der Waals surface area (Å²) >= 11 is 9.18. The minimum atomic E-state index is 0.123. The lowest BCUT2D eigenvalue weighted by Crippen LogP contribution is -2.24. The molecular weight excluding hydrogens is 767 g/mol. The highest BCUT2D eigenvalue weighted by Crippen LogP contribution is 2.62. The molecule has 6 aromatic heterocycles. The number of fused-ring (bicyclic) bond motifs is 7. The summed E-state index contributed by atoms with van der Waals surface area (Å²) in [6.07, 6.45) is 28.1. The molecule has 55 heavy (non-hydrogen) atoms. The Bertz CT molecular complexity index is 2000. The fourth-order valence-electron chi connectivity index (χ4n) is 9.97. The van der Waals surface area contributed by atoms with Gasteiger partial charge in [0.15, 0.2) is 0 Å². The summed E-state index contributed by atoms with van der Waals surface area (Å²) in [4.78, 5) is 13.9. The number of hydrogen-bond donors (Lipinski definition) is 0. The minimum Gasteiger partial charge on any atom is -0.252 e. The Morgan fingerprint density at radius 3 is 1.44 bits per heavy atom. The second kappa shape index (κ2) is 17.7. The number of thiophene rings is 4. The van der Waals surface area contributed by atoms with E-state index < -0.39 is 0 Å². The smallest absolute Gasteiger partial charge is 0.132 e. The van der Waals surface area contributed by atoms with E-state index in [-0.39, 0.29) is 10.8 Å². The summed E-state index contributed by atoms with van der Waals surface area (Å²) in [5, 5.41) is 4.69. The molecule has 8 rings (SSSR count). The predicted molar refractivity (Wildman–Crippen MR) is 245 cm³/mol. The zero-order valence-corrected chi connectivity index (χ0v) is 37.6. The van der Waals surface area contributed by atoms with Crippen molar-refractivity contribution in [3.05, 3.63) is 63.5 Å². The molecule has 0 N–H and O–H groups in total. The molecule has 0 unspecified atom stereocenters. The zero-order valence-electron chi connectivity index (χ0n) is 33.6. The lowest BCUT2D eigenvalue weighted by molar-refractivity contribution is 0.402. The van der Waals surface area contributed by atoms with E-state index in [2.05, 4.69) is 68.9 Å². The first-order valence-corrected chi connectivity index (χ1v) is 25.8. The van der Waals surface area contributed by atoms with E-state index in [4.69, 9.17) is 13.7 Å². The number of rotatable bonds is 22. The van der Waals surface area contributed by atoms with Gasteiger partial charge in [-0.3, -0.25) is 4.98 Å². The van der Waals surface area contributed by atoms with Crippen LogP contribution in [0.2, 0.25) is 0 Å². The van der Waals surface area contributed by atoms with E-state index in [0.717, 1.165) is 22.3 Å². The van der Waals surface area contributed by atoms with Gasteiger partial charge in [0.25, 0.3) is 0 Å². The molecule has 2 aliphatic carbocycles. The van der Waals surface area contributed by atoms with E-state index in [9.17, 15) is 0 Å². The van der Waals surface area contributed by atoms with Crippen LogP contribution in [0.15, 0.2) is 41.2 Å². The lowest BCUT2D eigenvalue weighted by atomic mass is 9.71. The van der Waals surface area contributed by atoms with E-state index in [1.165, 1.54) is 169 Å². The van der Waals surface area contributed by atoms with E-state index in [1.807, 2.05) is 45.3 Å². The molecule has 0 spiro atoms. The molecule has 0 saturated carbocycles. The number of pyridine rings is 1. The van der Waals surface area contributed by atoms with Crippen molar-refractivity contribution in [2.75, 3.05) is 0 Å². The molecule has 6 aromatic rings. The number of unbranched alkanes of at least 4 members (excludes halogenated alkanes) is 12. The summed E-state index contributed by atoms with van der Waals surface area (Å²) < 4.78 is 10.0. The van der Waals surface area contributed by atoms with E-state index in [1.54, 1.807) is 22.3 Å². The van der Waals surface area contributed by atoms with Crippen molar-refractivity contribution >= 4 is 68.1 Å². The first kappa shape index (κ1) is 39.6. The maximum Gasteiger partial charge on any atom is 0.132 e. The molecular formula is C47H59N3S5. The van der Waals surface area contributed by atoms with Gasteiger partial charge in [-0.15, -0.1) is 45.3 Å². The van der Waals surface area contributed by atoms with Gasteiger partial charge in [0.1, 0.15) is 16.7 Å². The highest BCUT2D eigenvalue weighted by Gasteiger charge is 2.46. The Kier molecular flexibility index (Phi) is 12.8. The van der Waals surface area contributed by atoms with Gasteiger partial charge < -0.3 is 0 Å². The molecule has 0 fully saturated rings. The Hall–Kier alpha value is -2.23. The van der Waals surface area contributed by atoms with Gasteiger partial charge in [0.2, 0.25) is 0 Å². The van der Waals surface area contributed by atoms with Gasteiger partial charge in [-0.2, -0.15) is 8.75 Å². The standard InChI is InChI=1S/C47H59N3S5/c1-5-9-13-17-23-46(24-18-14-10-6-2)33-21-27-51-42(33)44-35(46)29-37(53-44)32-31-48-40(41-39(32)49-55-50-41)38-30-36-45(54-38)43-34(22-28-52-43)47(36,25-19-15-11-7-3)26-20-16-12-8-4/h21-22,27-31H,5-20,23-26H2,1-4H3. The Labute approximate surface area is 350 Å². The molecule has 0 atom stereocenters. The highest BCUT2D eigenvalue weighted by atomic mass is 32.1. The Balaban J connectivity index is 1.16. The van der Waals surface area contributed by atoms with Gasteiger partial charge in [-0.25, -0.2) is 0 Å². The molecule has 0 radical (unpaired) electrons. The van der Waals surface area contributed by atoms with Gasteiger partial charge in [0, 0.05) is 47.0 Å². The van der Waals surface area contributed by atoms with Crippen molar-refractivity contribution in [3.8, 4) is 40.5 Å². The van der Waals surface area contributed by atoms with Crippen LogP contribution in [-0.2, 0) is 10.8 Å². The summed E-state index contributed by atoms with van der Waals surface area (Å²) in [5.74, 6) is 0. The zero-order chi connectivity index (χ0) is 37.8. The quantitative estimate of drug-likeness (QED) is 0.0640. The Morgan fingerprint density at radius 2 is 0.945 bits per heavy atom. The fraction of sp³-hybridized carbons (Fsp3) is 0.553. The average Bonchev–Trinajstić information content (AvgIpc) is 4.05. The van der Waals surface area contributed by atoms with Gasteiger partial charge >= 0.3 is 0 Å². The molecule has 2 aliphatic rings. The Morgan fingerprint density at radius 1 is 0.491 bits per heavy atom. The first-order valence-electron chi connectivity index (χ1n) is 21.7. The summed E-state index contributed by atoms with van der Waals surface area (Å²) in [5.41, 5.74) is 10.8. The van der Waals surface area contributed by atoms with Crippen LogP contribution in [0.5, 0.6) is 0 Å². The van der Waals surface area contributed by atoms with Gasteiger partial charge in [-0.05, 0) is 83.0 Å². The van der Waals surface area contributed by atoms with Crippen LogP contribution in [-0.4, -0.2) is 13.7 Å². The molecule has 0 saturated heterocycles. The lowest BCUT2D eigenvalue weighted by Gasteiger charge is -2.31. The van der Waals surface area contributed by atoms with Crippen LogP contribution in [0, 0.1) is 0 Å². The van der Waals surface area contributed by atoms with Crippen LogP contribution in [0.4, 0.5) is 0 Å². The molecule has 0 aliphatic heterocycles. The SMILES string of the molecule is CCCCCCC1(CCCCCC)c2ccsc2-c2sc(-c3cnc(-c4cc5c(s4)-c4sccc4C5(CCCCCC)CCCCCC)c4nsnc34)cc21. The van der Waals surface area contributed by atoms with Crippen molar-refractivity contribution in [1.82, 2.24) is 13.7 Å². The van der Waals surface area contributed by atoms with Gasteiger partial charge in [-0.1, -0.05) is 130 Å². The summed E-state index contributed by atoms with van der Waals surface area (Å²) in [6, 6.07) is 10.0. The second-order valence-electron chi connectivity index (χ2n) is 16.4. The van der Waals surface area contributed by atoms with Crippen molar-refractivity contribution in [3.63, 3.8) is 0 Å². The van der Waals surface area contributed by atoms with Crippen LogP contribution in [0.25, 0.3) is 51.6 Å². The number of aromatic nitrogens is 3. The molecule has 0 aromatic carbocycles. The normalized spacial score (nSPS) is 14.8. The number of nitrogens with zero attached hydrogens (tertiary/aromatic N) is 3. The second-order valence-corrected chi connectivity index (χ2v) is 20.9. The number of hydrogen-bond acceptors (Lipinski definition) is 8. The maximum absolute atomic E-state index is 5.32. The van der Waals surface area contributed by atoms with Crippen LogP contribution in [0.3, 0.4) is 0 Å². The third-order valence-electron chi connectivity index (χ3n) is 12.9. The van der Waals surface area contributed by atoms with Crippen LogP contribution in [0.1, 0.15) is 178 Å². The van der Waals surface area contributed by atoms with Crippen molar-refractivity contribution < 1.29 is 0 Å². The third-order valence-corrected chi connectivity index (χ3v) is 17.9. The first-order chi connectivity index (χ1) is 27.1. The van der Waals surface area contributed by atoms with Crippen molar-refractivity contribution in [1.29, 1.82) is 0 Å². The minimum absolute atomic E-state index is 0.123.